The van der Waals surface area contributed by atoms with Crippen LogP contribution in [0.1, 0.15) is 64.6 Å². The number of amides is 1. The van der Waals surface area contributed by atoms with Gasteiger partial charge in [0.05, 0.1) is 24.3 Å². The van der Waals surface area contributed by atoms with E-state index < -0.39 is 17.7 Å². The van der Waals surface area contributed by atoms with Gasteiger partial charge in [-0.15, -0.1) is 0 Å². The van der Waals surface area contributed by atoms with Gasteiger partial charge < -0.3 is 24.4 Å². The Labute approximate surface area is 220 Å². The van der Waals surface area contributed by atoms with E-state index in [9.17, 15) is 14.7 Å². The molecule has 7 nitrogen and oxygen atoms in total. The molecule has 0 spiro atoms. The van der Waals surface area contributed by atoms with Crippen LogP contribution < -0.4 is 9.47 Å². The Kier molecular flexibility index (Phi) is 10.1. The Morgan fingerprint density at radius 1 is 0.973 bits per heavy atom. The van der Waals surface area contributed by atoms with Gasteiger partial charge >= 0.3 is 0 Å². The maximum atomic E-state index is 13.3. The minimum atomic E-state index is -0.680. The predicted octanol–water partition coefficient (Wildman–Crippen LogP) is 5.42. The average Bonchev–Trinajstić information content (AvgIpc) is 3.15. The van der Waals surface area contributed by atoms with E-state index in [1.807, 2.05) is 45.0 Å². The second-order valence-corrected chi connectivity index (χ2v) is 9.48. The van der Waals surface area contributed by atoms with Gasteiger partial charge in [0, 0.05) is 12.1 Å². The average molecular weight is 509 g/mol. The van der Waals surface area contributed by atoms with Gasteiger partial charge in [-0.05, 0) is 88.3 Å². The second kappa shape index (κ2) is 13.3. The summed E-state index contributed by atoms with van der Waals surface area (Å²) in [5.41, 5.74) is 1.32. The number of benzene rings is 2. The van der Waals surface area contributed by atoms with Crippen LogP contribution in [0.5, 0.6) is 11.5 Å². The van der Waals surface area contributed by atoms with Gasteiger partial charge in [0.1, 0.15) is 17.3 Å². The summed E-state index contributed by atoms with van der Waals surface area (Å²) in [7, 11) is 0. The van der Waals surface area contributed by atoms with Gasteiger partial charge in [0.25, 0.3) is 11.7 Å². The molecule has 1 aliphatic heterocycles. The molecule has 0 aliphatic carbocycles. The minimum absolute atomic E-state index is 0.0286. The molecule has 0 bridgehead atoms. The van der Waals surface area contributed by atoms with Crippen molar-refractivity contribution in [2.45, 2.75) is 59.6 Å². The maximum absolute atomic E-state index is 13.3. The van der Waals surface area contributed by atoms with Gasteiger partial charge in [-0.25, -0.2) is 0 Å². The van der Waals surface area contributed by atoms with Crippen molar-refractivity contribution in [2.75, 3.05) is 32.8 Å². The molecule has 1 heterocycles. The van der Waals surface area contributed by atoms with E-state index in [2.05, 4.69) is 18.7 Å². The maximum Gasteiger partial charge on any atom is 0.295 e. The van der Waals surface area contributed by atoms with E-state index in [1.165, 1.54) is 0 Å². The first-order chi connectivity index (χ1) is 17.8. The summed E-state index contributed by atoms with van der Waals surface area (Å²) in [6.07, 6.45) is 1.64. The topological polar surface area (TPSA) is 79.3 Å². The summed E-state index contributed by atoms with van der Waals surface area (Å²) in [5.74, 6) is -0.0396. The number of rotatable bonds is 13. The molecule has 1 N–H and O–H groups in total. The van der Waals surface area contributed by atoms with Crippen molar-refractivity contribution in [3.63, 3.8) is 0 Å². The van der Waals surface area contributed by atoms with E-state index in [0.29, 0.717) is 30.2 Å². The second-order valence-electron chi connectivity index (χ2n) is 9.48. The fourth-order valence-electron chi connectivity index (χ4n) is 4.55. The number of hydrogen-bond donors (Lipinski definition) is 1. The van der Waals surface area contributed by atoms with Crippen molar-refractivity contribution in [3.05, 3.63) is 65.2 Å². The molecule has 1 saturated heterocycles. The molecule has 2 aromatic carbocycles. The zero-order valence-electron chi connectivity index (χ0n) is 22.7. The van der Waals surface area contributed by atoms with E-state index in [0.717, 1.165) is 38.0 Å². The zero-order chi connectivity index (χ0) is 26.9. The third kappa shape index (κ3) is 6.92. The molecular weight excluding hydrogens is 468 g/mol. The van der Waals surface area contributed by atoms with Gasteiger partial charge in [0.2, 0.25) is 0 Å². The molecule has 3 rings (SSSR count). The highest BCUT2D eigenvalue weighted by Crippen LogP contribution is 2.40. The van der Waals surface area contributed by atoms with Crippen LogP contribution in [0.2, 0.25) is 0 Å². The number of hydrogen-bond acceptors (Lipinski definition) is 6. The van der Waals surface area contributed by atoms with E-state index in [1.54, 1.807) is 29.2 Å². The minimum Gasteiger partial charge on any atom is -0.507 e. The first kappa shape index (κ1) is 28.3. The fraction of sp³-hybridized carbons (Fsp3) is 0.467. The van der Waals surface area contributed by atoms with Crippen molar-refractivity contribution >= 4 is 17.4 Å². The van der Waals surface area contributed by atoms with Crippen molar-refractivity contribution in [1.82, 2.24) is 9.80 Å². The number of aliphatic hydroxyl groups is 1. The smallest absolute Gasteiger partial charge is 0.295 e. The lowest BCUT2D eigenvalue weighted by Crippen LogP contribution is -2.33. The molecule has 37 heavy (non-hydrogen) atoms. The highest BCUT2D eigenvalue weighted by atomic mass is 16.5. The molecule has 1 amide bonds. The fourth-order valence-corrected chi connectivity index (χ4v) is 4.55. The highest BCUT2D eigenvalue weighted by molar-refractivity contribution is 6.46. The van der Waals surface area contributed by atoms with Crippen LogP contribution in [0.4, 0.5) is 0 Å². The molecule has 0 aromatic heterocycles. The van der Waals surface area contributed by atoms with E-state index in [4.69, 9.17) is 9.47 Å². The summed E-state index contributed by atoms with van der Waals surface area (Å²) in [5, 5.41) is 11.3. The first-order valence-corrected chi connectivity index (χ1v) is 13.3. The van der Waals surface area contributed by atoms with Crippen LogP contribution in [-0.2, 0) is 9.59 Å². The van der Waals surface area contributed by atoms with Gasteiger partial charge in [-0.1, -0.05) is 32.9 Å². The summed E-state index contributed by atoms with van der Waals surface area (Å²) in [4.78, 5) is 30.4. The molecule has 2 aromatic rings. The van der Waals surface area contributed by atoms with Crippen molar-refractivity contribution < 1.29 is 24.2 Å². The monoisotopic (exact) mass is 508 g/mol. The lowest BCUT2D eigenvalue weighted by Gasteiger charge is -2.27. The normalized spacial score (nSPS) is 17.2. The lowest BCUT2D eigenvalue weighted by atomic mass is 9.95. The molecule has 7 heteroatoms. The quantitative estimate of drug-likeness (QED) is 0.221. The van der Waals surface area contributed by atoms with Crippen LogP contribution in [0, 0.1) is 0 Å². The van der Waals surface area contributed by atoms with Crippen LogP contribution >= 0.6 is 0 Å². The molecule has 0 unspecified atom stereocenters. The lowest BCUT2D eigenvalue weighted by molar-refractivity contribution is -0.140. The molecule has 200 valence electrons. The molecule has 0 saturated carbocycles. The number of ether oxygens (including phenoxy) is 2. The van der Waals surface area contributed by atoms with Crippen LogP contribution in [0.3, 0.4) is 0 Å². The van der Waals surface area contributed by atoms with E-state index >= 15 is 0 Å². The third-order valence-corrected chi connectivity index (χ3v) is 6.48. The highest BCUT2D eigenvalue weighted by Gasteiger charge is 2.45. The molecule has 1 fully saturated rings. The third-order valence-electron chi connectivity index (χ3n) is 6.48. The SMILES string of the molecule is CCCOc1ccc(/C(O)=C2\C(=O)C(=O)N(CCCN(CC)CC)[C@@H]2c2ccc(OC(C)C)cc2)cc1. The number of nitrogens with zero attached hydrogens (tertiary/aromatic N) is 2. The summed E-state index contributed by atoms with van der Waals surface area (Å²) in [6.45, 7) is 13.8. The predicted molar refractivity (Wildman–Crippen MR) is 146 cm³/mol. The van der Waals surface area contributed by atoms with Crippen molar-refractivity contribution in [3.8, 4) is 11.5 Å². The molecule has 0 radical (unpaired) electrons. The zero-order valence-corrected chi connectivity index (χ0v) is 22.7. The number of carbonyl (C=O) groups excluding carboxylic acids is 2. The first-order valence-electron chi connectivity index (χ1n) is 13.3. The number of carbonyl (C=O) groups is 2. The largest absolute Gasteiger partial charge is 0.507 e. The number of Topliss-reactive ketones (excluding diaryl/α,β-unsaturated/α-hetero) is 1. The summed E-state index contributed by atoms with van der Waals surface area (Å²) >= 11 is 0. The number of likely N-dealkylation sites (tertiary alicyclic amines) is 1. The Morgan fingerprint density at radius 2 is 1.59 bits per heavy atom. The number of ketones is 1. The molecule has 1 aliphatic rings. The summed E-state index contributed by atoms with van der Waals surface area (Å²) < 4.78 is 11.4. The van der Waals surface area contributed by atoms with Crippen molar-refractivity contribution in [1.29, 1.82) is 0 Å². The van der Waals surface area contributed by atoms with Crippen LogP contribution in [0.15, 0.2) is 54.1 Å². The van der Waals surface area contributed by atoms with Gasteiger partial charge in [-0.2, -0.15) is 0 Å². The Balaban J connectivity index is 1.98. The van der Waals surface area contributed by atoms with Crippen LogP contribution in [0.25, 0.3) is 5.76 Å². The van der Waals surface area contributed by atoms with Crippen LogP contribution in [-0.4, -0.2) is 65.5 Å². The standard InChI is InChI=1S/C30H40N2O5/c1-6-20-36-24-14-12-23(13-15-24)28(33)26-27(22-10-16-25(17-11-22)37-21(4)5)32(30(35)29(26)34)19-9-18-31(7-2)8-3/h10-17,21,27,33H,6-9,18-20H2,1-5H3/b28-26+/t27-/m1/s1. The van der Waals surface area contributed by atoms with Crippen molar-refractivity contribution in [2.24, 2.45) is 0 Å². The van der Waals surface area contributed by atoms with E-state index in [-0.39, 0.29) is 17.4 Å². The Hall–Kier alpha value is -3.32. The Morgan fingerprint density at radius 3 is 2.16 bits per heavy atom. The van der Waals surface area contributed by atoms with Gasteiger partial charge in [-0.3, -0.25) is 9.59 Å². The molecule has 1 atom stereocenters. The summed E-state index contributed by atoms with van der Waals surface area (Å²) in [6, 6.07) is 13.7. The Bertz CT molecular complexity index is 1070. The van der Waals surface area contributed by atoms with Gasteiger partial charge in [0.15, 0.2) is 0 Å². The number of aliphatic hydroxyl groups excluding tert-OH is 1. The molecular formula is C30H40N2O5.